The lowest BCUT2D eigenvalue weighted by atomic mass is 9.93. The molecule has 0 radical (unpaired) electrons. The quantitative estimate of drug-likeness (QED) is 0.517. The molecule has 7 nitrogen and oxygen atoms in total. The Morgan fingerprint density at radius 3 is 2.26 bits per heavy atom. The van der Waals surface area contributed by atoms with Gasteiger partial charge >= 0.3 is 0 Å². The van der Waals surface area contributed by atoms with Crippen LogP contribution in [0.1, 0.15) is 13.8 Å². The molecular weight excluding hydrogens is 248 g/mol. The normalized spacial score (nSPS) is 34.3. The minimum atomic E-state index is -1.00. The van der Waals surface area contributed by atoms with Crippen LogP contribution in [0.3, 0.4) is 0 Å². The summed E-state index contributed by atoms with van der Waals surface area (Å²) in [7, 11) is 4.15. The van der Waals surface area contributed by atoms with Crippen LogP contribution in [0, 0.1) is 10.1 Å². The molecule has 0 N–H and O–H groups in total. The van der Waals surface area contributed by atoms with Gasteiger partial charge in [-0.05, 0) is 21.0 Å². The summed E-state index contributed by atoms with van der Waals surface area (Å²) in [6, 6.07) is 0. The molecule has 1 atom stereocenters. The first-order valence-electron chi connectivity index (χ1n) is 6.60. The molecule has 0 saturated carbocycles. The highest BCUT2D eigenvalue weighted by Crippen LogP contribution is 2.27. The van der Waals surface area contributed by atoms with Crippen LogP contribution in [0.25, 0.3) is 0 Å². The second kappa shape index (κ2) is 4.97. The average molecular weight is 272 g/mol. The van der Waals surface area contributed by atoms with E-state index >= 15 is 0 Å². The molecule has 0 bridgehead atoms. The summed E-state index contributed by atoms with van der Waals surface area (Å²) in [5.41, 5.74) is -1.12. The van der Waals surface area contributed by atoms with Crippen molar-refractivity contribution in [1.29, 1.82) is 0 Å². The molecule has 110 valence electrons. The van der Waals surface area contributed by atoms with Crippen LogP contribution in [0.15, 0.2) is 0 Å². The molecule has 0 spiro atoms. The smallest absolute Gasteiger partial charge is 0.254 e. The van der Waals surface area contributed by atoms with Gasteiger partial charge in [0, 0.05) is 30.5 Å². The molecule has 2 aliphatic rings. The van der Waals surface area contributed by atoms with E-state index in [2.05, 4.69) is 35.7 Å². The van der Waals surface area contributed by atoms with E-state index in [0.717, 1.165) is 19.8 Å². The zero-order valence-corrected chi connectivity index (χ0v) is 12.3. The molecule has 2 rings (SSSR count). The second-order valence-electron chi connectivity index (χ2n) is 6.60. The zero-order chi connectivity index (χ0) is 14.3. The van der Waals surface area contributed by atoms with E-state index in [1.807, 2.05) is 0 Å². The maximum Gasteiger partial charge on any atom is 0.254 e. The summed E-state index contributed by atoms with van der Waals surface area (Å²) in [6.45, 7) is 7.66. The fourth-order valence-electron chi connectivity index (χ4n) is 3.26. The molecule has 0 aromatic heterocycles. The lowest BCUT2D eigenvalue weighted by Crippen LogP contribution is -2.69. The number of nitro groups is 1. The number of hydrogen-bond donors (Lipinski definition) is 0. The predicted molar refractivity (Wildman–Crippen MR) is 71.5 cm³/mol. The Balaban J connectivity index is 2.14. The first-order chi connectivity index (χ1) is 8.75. The molecule has 2 heterocycles. The minimum absolute atomic E-state index is 0.112. The first-order valence-corrected chi connectivity index (χ1v) is 6.60. The van der Waals surface area contributed by atoms with Crippen LogP contribution in [-0.4, -0.2) is 84.4 Å². The van der Waals surface area contributed by atoms with Crippen molar-refractivity contribution in [3.8, 4) is 0 Å². The van der Waals surface area contributed by atoms with Crippen molar-refractivity contribution >= 4 is 0 Å². The monoisotopic (exact) mass is 272 g/mol. The SMILES string of the molecule is CN1CN(C)CC(C)(N2COC[C@](C)([N+](=O)[O-])C2)C1. The van der Waals surface area contributed by atoms with Crippen molar-refractivity contribution in [2.45, 2.75) is 24.9 Å². The van der Waals surface area contributed by atoms with Gasteiger partial charge in [0.15, 0.2) is 0 Å². The fraction of sp³-hybridized carbons (Fsp3) is 1.00. The van der Waals surface area contributed by atoms with Gasteiger partial charge in [-0.3, -0.25) is 24.8 Å². The average Bonchev–Trinajstić information content (AvgIpc) is 2.27. The third-order valence-corrected chi connectivity index (χ3v) is 4.10. The van der Waals surface area contributed by atoms with Gasteiger partial charge in [-0.15, -0.1) is 0 Å². The van der Waals surface area contributed by atoms with Crippen LogP contribution < -0.4 is 0 Å². The summed E-state index contributed by atoms with van der Waals surface area (Å²) < 4.78 is 5.50. The molecule has 0 aromatic rings. The van der Waals surface area contributed by atoms with Crippen molar-refractivity contribution < 1.29 is 9.66 Å². The topological polar surface area (TPSA) is 62.1 Å². The Bertz CT molecular complexity index is 355. The number of nitrogens with zero attached hydrogens (tertiary/aromatic N) is 4. The maximum absolute atomic E-state index is 11.2. The van der Waals surface area contributed by atoms with Gasteiger partial charge in [0.1, 0.15) is 13.3 Å². The summed E-state index contributed by atoms with van der Waals surface area (Å²) in [6.07, 6.45) is 0. The fourth-order valence-corrected chi connectivity index (χ4v) is 3.26. The molecule has 0 aromatic carbocycles. The van der Waals surface area contributed by atoms with Crippen LogP contribution in [0.2, 0.25) is 0 Å². The van der Waals surface area contributed by atoms with E-state index in [1.165, 1.54) is 0 Å². The van der Waals surface area contributed by atoms with Gasteiger partial charge in [-0.25, -0.2) is 0 Å². The highest BCUT2D eigenvalue weighted by atomic mass is 16.6. The van der Waals surface area contributed by atoms with Gasteiger partial charge in [0.05, 0.1) is 13.2 Å². The van der Waals surface area contributed by atoms with Crippen LogP contribution in [-0.2, 0) is 4.74 Å². The number of ether oxygens (including phenoxy) is 1. The lowest BCUT2D eigenvalue weighted by molar-refractivity contribution is -0.577. The van der Waals surface area contributed by atoms with E-state index in [0.29, 0.717) is 13.3 Å². The number of likely N-dealkylation sites (N-methyl/N-ethyl adjacent to an activating group) is 2. The molecule has 7 heteroatoms. The molecule has 2 fully saturated rings. The highest BCUT2D eigenvalue weighted by molar-refractivity contribution is 4.97. The van der Waals surface area contributed by atoms with Gasteiger partial charge < -0.3 is 4.74 Å². The highest BCUT2D eigenvalue weighted by Gasteiger charge is 2.48. The van der Waals surface area contributed by atoms with E-state index < -0.39 is 5.54 Å². The van der Waals surface area contributed by atoms with Crippen LogP contribution >= 0.6 is 0 Å². The summed E-state index contributed by atoms with van der Waals surface area (Å²) in [5.74, 6) is 0. The summed E-state index contributed by atoms with van der Waals surface area (Å²) in [5, 5.41) is 11.2. The second-order valence-corrected chi connectivity index (χ2v) is 6.60. The van der Waals surface area contributed by atoms with Gasteiger partial charge in [-0.1, -0.05) is 0 Å². The van der Waals surface area contributed by atoms with Gasteiger partial charge in [-0.2, -0.15) is 0 Å². The molecular formula is C12H24N4O3. The Morgan fingerprint density at radius 1 is 1.16 bits per heavy atom. The summed E-state index contributed by atoms with van der Waals surface area (Å²) >= 11 is 0. The van der Waals surface area contributed by atoms with Gasteiger partial charge in [0.25, 0.3) is 5.54 Å². The minimum Gasteiger partial charge on any atom is -0.359 e. The Labute approximate surface area is 114 Å². The Kier molecular flexibility index (Phi) is 3.83. The number of rotatable bonds is 2. The van der Waals surface area contributed by atoms with Crippen molar-refractivity contribution in [3.63, 3.8) is 0 Å². The van der Waals surface area contributed by atoms with E-state index in [4.69, 9.17) is 4.74 Å². The third-order valence-electron chi connectivity index (χ3n) is 4.10. The molecule has 0 amide bonds. The Morgan fingerprint density at radius 2 is 1.74 bits per heavy atom. The van der Waals surface area contributed by atoms with Crippen LogP contribution in [0.5, 0.6) is 0 Å². The van der Waals surface area contributed by atoms with Crippen molar-refractivity contribution in [2.75, 3.05) is 53.7 Å². The third kappa shape index (κ3) is 2.89. The van der Waals surface area contributed by atoms with Crippen LogP contribution in [0.4, 0.5) is 0 Å². The first kappa shape index (κ1) is 14.6. The van der Waals surface area contributed by atoms with Crippen molar-refractivity contribution in [2.24, 2.45) is 0 Å². The molecule has 0 unspecified atom stereocenters. The largest absolute Gasteiger partial charge is 0.359 e. The van der Waals surface area contributed by atoms with E-state index in [9.17, 15) is 10.1 Å². The summed E-state index contributed by atoms with van der Waals surface area (Å²) in [4.78, 5) is 17.6. The lowest BCUT2D eigenvalue weighted by Gasteiger charge is -2.51. The molecule has 0 aliphatic carbocycles. The van der Waals surface area contributed by atoms with Crippen molar-refractivity contribution in [3.05, 3.63) is 10.1 Å². The maximum atomic E-state index is 11.2. The Hall–Kier alpha value is -0.760. The molecule has 2 aliphatic heterocycles. The van der Waals surface area contributed by atoms with Crippen molar-refractivity contribution in [1.82, 2.24) is 14.7 Å². The number of hydrogen-bond acceptors (Lipinski definition) is 6. The zero-order valence-electron chi connectivity index (χ0n) is 12.3. The molecule has 19 heavy (non-hydrogen) atoms. The standard InChI is InChI=1S/C12H24N4O3/c1-11(5-13(3)9-14(4)6-11)15-7-12(2,16(17)18)8-19-10-15/h5-10H2,1-4H3/t12-/m1/s1. The molecule has 2 saturated heterocycles. The van der Waals surface area contributed by atoms with E-state index in [-0.39, 0.29) is 17.1 Å². The van der Waals surface area contributed by atoms with Gasteiger partial charge in [0.2, 0.25) is 0 Å². The predicted octanol–water partition coefficient (Wildman–Crippen LogP) is -0.0951. The van der Waals surface area contributed by atoms with E-state index in [1.54, 1.807) is 6.92 Å².